The van der Waals surface area contributed by atoms with Crippen LogP contribution in [0.4, 0.5) is 0 Å². The SMILES string of the molecule is O=C(CCl)Cc1ccccn1. The standard InChI is InChI=1S/C8H8ClNO/c9-6-8(11)5-7-3-1-2-4-10-7/h1-4H,5-6H2. The Bertz CT molecular complexity index is 235. The third-order valence-electron chi connectivity index (χ3n) is 1.25. The van der Waals surface area contributed by atoms with Crippen molar-refractivity contribution in [2.45, 2.75) is 6.42 Å². The van der Waals surface area contributed by atoms with Crippen LogP contribution >= 0.6 is 11.6 Å². The molecule has 0 aliphatic heterocycles. The number of hydrogen-bond acceptors (Lipinski definition) is 2. The van der Waals surface area contributed by atoms with E-state index in [4.69, 9.17) is 11.6 Å². The Morgan fingerprint density at radius 1 is 1.55 bits per heavy atom. The van der Waals surface area contributed by atoms with Crippen LogP contribution in [0, 0.1) is 0 Å². The minimum atomic E-state index is 0.00497. The quantitative estimate of drug-likeness (QED) is 0.641. The second-order valence-electron chi connectivity index (χ2n) is 2.17. The molecule has 1 rings (SSSR count). The summed E-state index contributed by atoms with van der Waals surface area (Å²) >= 11 is 5.32. The van der Waals surface area contributed by atoms with Crippen molar-refractivity contribution in [1.29, 1.82) is 0 Å². The zero-order valence-electron chi connectivity index (χ0n) is 5.96. The molecule has 0 aromatic carbocycles. The van der Waals surface area contributed by atoms with Gasteiger partial charge in [0.05, 0.1) is 5.88 Å². The molecule has 0 N–H and O–H groups in total. The van der Waals surface area contributed by atoms with Crippen molar-refractivity contribution in [3.05, 3.63) is 30.1 Å². The van der Waals surface area contributed by atoms with Gasteiger partial charge in [0, 0.05) is 18.3 Å². The number of carbonyl (C=O) groups is 1. The average molecular weight is 170 g/mol. The number of carbonyl (C=O) groups excluding carboxylic acids is 1. The first-order valence-corrected chi connectivity index (χ1v) is 3.84. The maximum atomic E-state index is 10.8. The number of aromatic nitrogens is 1. The van der Waals surface area contributed by atoms with Crippen molar-refractivity contribution in [2.24, 2.45) is 0 Å². The van der Waals surface area contributed by atoms with E-state index < -0.39 is 0 Å². The van der Waals surface area contributed by atoms with Gasteiger partial charge in [0.25, 0.3) is 0 Å². The summed E-state index contributed by atoms with van der Waals surface area (Å²) in [7, 11) is 0. The molecule has 3 heteroatoms. The van der Waals surface area contributed by atoms with Crippen molar-refractivity contribution < 1.29 is 4.79 Å². The number of Topliss-reactive ketones (excluding diaryl/α,β-unsaturated/α-hetero) is 1. The van der Waals surface area contributed by atoms with E-state index in [-0.39, 0.29) is 11.7 Å². The van der Waals surface area contributed by atoms with E-state index in [1.807, 2.05) is 18.2 Å². The first-order chi connectivity index (χ1) is 5.33. The normalized spacial score (nSPS) is 9.55. The fourth-order valence-electron chi connectivity index (χ4n) is 0.752. The summed E-state index contributed by atoms with van der Waals surface area (Å²) in [6.07, 6.45) is 2.00. The van der Waals surface area contributed by atoms with Gasteiger partial charge in [-0.2, -0.15) is 0 Å². The lowest BCUT2D eigenvalue weighted by Crippen LogP contribution is -2.04. The molecular formula is C8H8ClNO. The number of alkyl halides is 1. The van der Waals surface area contributed by atoms with Crippen molar-refractivity contribution in [3.8, 4) is 0 Å². The minimum absolute atomic E-state index is 0.00497. The summed E-state index contributed by atoms with van der Waals surface area (Å²) in [6, 6.07) is 5.48. The van der Waals surface area contributed by atoms with Crippen molar-refractivity contribution in [2.75, 3.05) is 5.88 Å². The lowest BCUT2D eigenvalue weighted by Gasteiger charge is -1.94. The highest BCUT2D eigenvalue weighted by Crippen LogP contribution is 1.96. The van der Waals surface area contributed by atoms with Gasteiger partial charge in [0.2, 0.25) is 0 Å². The molecule has 0 unspecified atom stereocenters. The second kappa shape index (κ2) is 4.09. The van der Waals surface area contributed by atoms with Gasteiger partial charge >= 0.3 is 0 Å². The van der Waals surface area contributed by atoms with Gasteiger partial charge in [0.15, 0.2) is 5.78 Å². The number of ketones is 1. The molecular weight excluding hydrogens is 162 g/mol. The second-order valence-corrected chi connectivity index (χ2v) is 2.44. The molecule has 0 spiro atoms. The fourth-order valence-corrected chi connectivity index (χ4v) is 0.846. The molecule has 0 amide bonds. The lowest BCUT2D eigenvalue weighted by molar-refractivity contribution is -0.116. The van der Waals surface area contributed by atoms with Crippen LogP contribution in [0.3, 0.4) is 0 Å². The smallest absolute Gasteiger partial charge is 0.153 e. The number of halogens is 1. The Balaban J connectivity index is 2.58. The van der Waals surface area contributed by atoms with Crippen LogP contribution in [0.2, 0.25) is 0 Å². The summed E-state index contributed by atoms with van der Waals surface area (Å²) < 4.78 is 0. The fraction of sp³-hybridized carbons (Fsp3) is 0.250. The van der Waals surface area contributed by atoms with Crippen LogP contribution in [-0.2, 0) is 11.2 Å². The lowest BCUT2D eigenvalue weighted by atomic mass is 10.2. The summed E-state index contributed by atoms with van der Waals surface area (Å²) in [6.45, 7) is 0. The highest BCUT2D eigenvalue weighted by Gasteiger charge is 2.00. The van der Waals surface area contributed by atoms with Crippen LogP contribution in [0.5, 0.6) is 0 Å². The van der Waals surface area contributed by atoms with E-state index in [1.165, 1.54) is 0 Å². The largest absolute Gasteiger partial charge is 0.298 e. The van der Waals surface area contributed by atoms with E-state index >= 15 is 0 Å². The molecule has 0 atom stereocenters. The van der Waals surface area contributed by atoms with Gasteiger partial charge in [-0.3, -0.25) is 9.78 Å². The molecule has 11 heavy (non-hydrogen) atoms. The highest BCUT2D eigenvalue weighted by molar-refractivity contribution is 6.27. The number of hydrogen-bond donors (Lipinski definition) is 0. The third kappa shape index (κ3) is 2.68. The maximum absolute atomic E-state index is 10.8. The van der Waals surface area contributed by atoms with E-state index in [0.717, 1.165) is 5.69 Å². The van der Waals surface area contributed by atoms with E-state index in [1.54, 1.807) is 6.20 Å². The number of rotatable bonds is 3. The molecule has 0 saturated heterocycles. The summed E-state index contributed by atoms with van der Waals surface area (Å²) in [5.74, 6) is 0.0710. The van der Waals surface area contributed by atoms with Crippen LogP contribution in [0.15, 0.2) is 24.4 Å². The minimum Gasteiger partial charge on any atom is -0.298 e. The molecule has 58 valence electrons. The summed E-state index contributed by atoms with van der Waals surface area (Å²) in [4.78, 5) is 14.8. The first kappa shape index (κ1) is 8.21. The molecule has 1 heterocycles. The Hall–Kier alpha value is -0.890. The maximum Gasteiger partial charge on any atom is 0.153 e. The molecule has 0 radical (unpaired) electrons. The van der Waals surface area contributed by atoms with Crippen molar-refractivity contribution in [1.82, 2.24) is 4.98 Å². The zero-order chi connectivity index (χ0) is 8.10. The van der Waals surface area contributed by atoms with Crippen molar-refractivity contribution >= 4 is 17.4 Å². The number of nitrogens with zero attached hydrogens (tertiary/aromatic N) is 1. The molecule has 0 fully saturated rings. The van der Waals surface area contributed by atoms with Crippen LogP contribution in [-0.4, -0.2) is 16.6 Å². The third-order valence-corrected chi connectivity index (χ3v) is 1.55. The van der Waals surface area contributed by atoms with Gasteiger partial charge in [-0.25, -0.2) is 0 Å². The summed E-state index contributed by atoms with van der Waals surface area (Å²) in [5.41, 5.74) is 0.776. The van der Waals surface area contributed by atoms with Gasteiger partial charge in [-0.15, -0.1) is 11.6 Å². The Morgan fingerprint density at radius 2 is 2.36 bits per heavy atom. The van der Waals surface area contributed by atoms with E-state index in [9.17, 15) is 4.79 Å². The highest BCUT2D eigenvalue weighted by atomic mass is 35.5. The summed E-state index contributed by atoms with van der Waals surface area (Å²) in [5, 5.41) is 0. The predicted molar refractivity (Wildman–Crippen MR) is 43.7 cm³/mol. The van der Waals surface area contributed by atoms with Gasteiger partial charge in [-0.1, -0.05) is 6.07 Å². The molecule has 2 nitrogen and oxygen atoms in total. The number of pyridine rings is 1. The monoisotopic (exact) mass is 169 g/mol. The molecule has 0 aliphatic rings. The molecule has 0 aliphatic carbocycles. The Kier molecular flexibility index (Phi) is 3.05. The van der Waals surface area contributed by atoms with Gasteiger partial charge < -0.3 is 0 Å². The van der Waals surface area contributed by atoms with Crippen LogP contribution < -0.4 is 0 Å². The molecule has 1 aromatic rings. The molecule has 0 bridgehead atoms. The molecule has 0 saturated carbocycles. The van der Waals surface area contributed by atoms with Crippen LogP contribution in [0.25, 0.3) is 0 Å². The van der Waals surface area contributed by atoms with Crippen molar-refractivity contribution in [3.63, 3.8) is 0 Å². The van der Waals surface area contributed by atoms with Gasteiger partial charge in [0.1, 0.15) is 0 Å². The van der Waals surface area contributed by atoms with Crippen LogP contribution in [0.1, 0.15) is 5.69 Å². The average Bonchev–Trinajstić information content (AvgIpc) is 2.06. The molecule has 1 aromatic heterocycles. The Labute approximate surface area is 70.2 Å². The Morgan fingerprint density at radius 3 is 2.91 bits per heavy atom. The topological polar surface area (TPSA) is 30.0 Å². The zero-order valence-corrected chi connectivity index (χ0v) is 6.71. The first-order valence-electron chi connectivity index (χ1n) is 3.30. The van der Waals surface area contributed by atoms with E-state index in [0.29, 0.717) is 6.42 Å². The van der Waals surface area contributed by atoms with Gasteiger partial charge in [-0.05, 0) is 12.1 Å². The van der Waals surface area contributed by atoms with E-state index in [2.05, 4.69) is 4.98 Å². The predicted octanol–water partition coefficient (Wildman–Crippen LogP) is 1.43.